The van der Waals surface area contributed by atoms with Crippen LogP contribution < -0.4 is 10.6 Å². The average molecular weight is 472 g/mol. The van der Waals surface area contributed by atoms with Gasteiger partial charge in [-0.25, -0.2) is 0 Å². The van der Waals surface area contributed by atoms with Crippen LogP contribution in [0.15, 0.2) is 35.3 Å². The fourth-order valence-electron chi connectivity index (χ4n) is 3.55. The van der Waals surface area contributed by atoms with Gasteiger partial charge in [-0.1, -0.05) is 37.3 Å². The van der Waals surface area contributed by atoms with E-state index in [2.05, 4.69) is 57.8 Å². The number of aliphatic imine (C=N–C) groups is 1. The summed E-state index contributed by atoms with van der Waals surface area (Å²) in [7, 11) is 1.81. The first-order valence-electron chi connectivity index (χ1n) is 9.31. The maximum absolute atomic E-state index is 11.7. The van der Waals surface area contributed by atoms with E-state index in [1.807, 2.05) is 20.9 Å². The molecular weight excluding hydrogens is 439 g/mol. The molecule has 26 heavy (non-hydrogen) atoms. The van der Waals surface area contributed by atoms with Crippen molar-refractivity contribution in [3.05, 3.63) is 35.9 Å². The Morgan fingerprint density at radius 1 is 1.31 bits per heavy atom. The first kappa shape index (κ1) is 22.7. The molecular formula is C20H33IN4O. The number of carbonyl (C=O) groups excluding carboxylic acids is 1. The van der Waals surface area contributed by atoms with Gasteiger partial charge >= 0.3 is 0 Å². The topological polar surface area (TPSA) is 56.7 Å². The minimum atomic E-state index is 0. The lowest BCUT2D eigenvalue weighted by Crippen LogP contribution is -2.48. The largest absolute Gasteiger partial charge is 0.356 e. The predicted molar refractivity (Wildman–Crippen MR) is 119 cm³/mol. The SMILES string of the molecule is CN=C(NCCC(=O)NC(C)C)N1CCC(c2ccccc2)C(C)C1.I. The number of guanidine groups is 1. The standard InChI is InChI=1S/C20H32N4O.HI/c1-15(2)23-19(25)10-12-22-20(21-4)24-13-11-18(16(3)14-24)17-8-6-5-7-9-17;/h5-9,15-16,18H,10-14H2,1-4H3,(H,21,22)(H,23,25);1H. The van der Waals surface area contributed by atoms with Gasteiger partial charge in [-0.3, -0.25) is 9.79 Å². The highest BCUT2D eigenvalue weighted by Crippen LogP contribution is 2.32. The highest BCUT2D eigenvalue weighted by atomic mass is 127. The minimum Gasteiger partial charge on any atom is -0.356 e. The summed E-state index contributed by atoms with van der Waals surface area (Å²) in [6, 6.07) is 11.0. The monoisotopic (exact) mass is 472 g/mol. The van der Waals surface area contributed by atoms with Gasteiger partial charge in [-0.2, -0.15) is 0 Å². The van der Waals surface area contributed by atoms with Crippen molar-refractivity contribution in [2.75, 3.05) is 26.7 Å². The fraction of sp³-hybridized carbons (Fsp3) is 0.600. The van der Waals surface area contributed by atoms with Crippen LogP contribution in [-0.4, -0.2) is 49.5 Å². The number of piperidine rings is 1. The Morgan fingerprint density at radius 2 is 2.00 bits per heavy atom. The Balaban J connectivity index is 0.00000338. The molecule has 0 spiro atoms. The van der Waals surface area contributed by atoms with Gasteiger partial charge in [0, 0.05) is 39.1 Å². The Hall–Kier alpha value is -1.31. The number of hydrogen-bond acceptors (Lipinski definition) is 2. The normalized spacial score (nSPS) is 20.5. The third-order valence-electron chi connectivity index (χ3n) is 4.73. The molecule has 1 aliphatic rings. The van der Waals surface area contributed by atoms with Crippen LogP contribution in [0.2, 0.25) is 0 Å². The summed E-state index contributed by atoms with van der Waals surface area (Å²) in [4.78, 5) is 18.5. The molecule has 1 heterocycles. The van der Waals surface area contributed by atoms with Gasteiger partial charge < -0.3 is 15.5 Å². The number of hydrogen-bond donors (Lipinski definition) is 2. The molecule has 0 aliphatic carbocycles. The lowest BCUT2D eigenvalue weighted by atomic mass is 9.82. The number of carbonyl (C=O) groups is 1. The van der Waals surface area contributed by atoms with Crippen LogP contribution >= 0.6 is 24.0 Å². The van der Waals surface area contributed by atoms with Crippen molar-refractivity contribution in [2.24, 2.45) is 10.9 Å². The lowest BCUT2D eigenvalue weighted by molar-refractivity contribution is -0.121. The molecule has 0 bridgehead atoms. The van der Waals surface area contributed by atoms with Crippen LogP contribution in [0.25, 0.3) is 0 Å². The van der Waals surface area contributed by atoms with Crippen LogP contribution in [0.4, 0.5) is 0 Å². The Labute approximate surface area is 175 Å². The first-order valence-corrected chi connectivity index (χ1v) is 9.31. The average Bonchev–Trinajstić information content (AvgIpc) is 2.59. The quantitative estimate of drug-likeness (QED) is 0.393. The smallest absolute Gasteiger partial charge is 0.221 e. The van der Waals surface area contributed by atoms with Gasteiger partial charge in [-0.05, 0) is 37.7 Å². The van der Waals surface area contributed by atoms with E-state index in [1.165, 1.54) is 5.56 Å². The summed E-state index contributed by atoms with van der Waals surface area (Å²) in [5.41, 5.74) is 1.43. The molecule has 2 N–H and O–H groups in total. The minimum absolute atomic E-state index is 0. The van der Waals surface area contributed by atoms with E-state index in [0.717, 1.165) is 25.5 Å². The van der Waals surface area contributed by atoms with Crippen LogP contribution in [-0.2, 0) is 4.79 Å². The molecule has 0 aromatic heterocycles. The molecule has 1 amide bonds. The number of halogens is 1. The molecule has 1 fully saturated rings. The second kappa shape index (κ2) is 11.4. The Bertz CT molecular complexity index is 576. The van der Waals surface area contributed by atoms with Gasteiger partial charge in [0.1, 0.15) is 0 Å². The Morgan fingerprint density at radius 3 is 2.58 bits per heavy atom. The molecule has 6 heteroatoms. The molecule has 0 radical (unpaired) electrons. The number of likely N-dealkylation sites (tertiary alicyclic amines) is 1. The maximum atomic E-state index is 11.7. The third-order valence-corrected chi connectivity index (χ3v) is 4.73. The van der Waals surface area contributed by atoms with Crippen molar-refractivity contribution in [2.45, 2.75) is 45.6 Å². The van der Waals surface area contributed by atoms with Crippen molar-refractivity contribution in [3.8, 4) is 0 Å². The molecule has 1 saturated heterocycles. The predicted octanol–water partition coefficient (Wildman–Crippen LogP) is 3.22. The maximum Gasteiger partial charge on any atom is 0.221 e. The van der Waals surface area contributed by atoms with E-state index in [1.54, 1.807) is 0 Å². The molecule has 0 saturated carbocycles. The summed E-state index contributed by atoms with van der Waals surface area (Å²) in [5, 5.41) is 6.25. The number of nitrogens with zero attached hydrogens (tertiary/aromatic N) is 2. The van der Waals surface area contributed by atoms with Crippen molar-refractivity contribution in [1.82, 2.24) is 15.5 Å². The van der Waals surface area contributed by atoms with Crippen molar-refractivity contribution < 1.29 is 4.79 Å². The molecule has 2 unspecified atom stereocenters. The van der Waals surface area contributed by atoms with Crippen LogP contribution in [0, 0.1) is 5.92 Å². The molecule has 1 aromatic rings. The molecule has 1 aromatic carbocycles. The zero-order chi connectivity index (χ0) is 18.2. The molecule has 2 rings (SSSR count). The lowest BCUT2D eigenvalue weighted by Gasteiger charge is -2.39. The summed E-state index contributed by atoms with van der Waals surface area (Å²) in [5.74, 6) is 2.15. The first-order chi connectivity index (χ1) is 12.0. The zero-order valence-corrected chi connectivity index (χ0v) is 18.7. The summed E-state index contributed by atoms with van der Waals surface area (Å²) < 4.78 is 0. The van der Waals surface area contributed by atoms with E-state index < -0.39 is 0 Å². The number of nitrogens with one attached hydrogen (secondary N) is 2. The summed E-state index contributed by atoms with van der Waals surface area (Å²) >= 11 is 0. The van der Waals surface area contributed by atoms with Crippen LogP contribution in [0.5, 0.6) is 0 Å². The summed E-state index contributed by atoms with van der Waals surface area (Å²) in [6.45, 7) is 8.84. The molecule has 1 aliphatic heterocycles. The fourth-order valence-corrected chi connectivity index (χ4v) is 3.55. The van der Waals surface area contributed by atoms with E-state index in [-0.39, 0.29) is 35.9 Å². The highest BCUT2D eigenvalue weighted by Gasteiger charge is 2.28. The zero-order valence-electron chi connectivity index (χ0n) is 16.4. The van der Waals surface area contributed by atoms with Crippen molar-refractivity contribution >= 4 is 35.8 Å². The van der Waals surface area contributed by atoms with E-state index in [9.17, 15) is 4.79 Å². The molecule has 2 atom stereocenters. The second-order valence-corrected chi connectivity index (χ2v) is 7.18. The van der Waals surface area contributed by atoms with Crippen LogP contribution in [0.1, 0.15) is 45.1 Å². The Kier molecular flexibility index (Phi) is 9.98. The van der Waals surface area contributed by atoms with Crippen molar-refractivity contribution in [1.29, 1.82) is 0 Å². The molecule has 5 nitrogen and oxygen atoms in total. The van der Waals surface area contributed by atoms with E-state index in [4.69, 9.17) is 0 Å². The van der Waals surface area contributed by atoms with E-state index >= 15 is 0 Å². The second-order valence-electron chi connectivity index (χ2n) is 7.18. The van der Waals surface area contributed by atoms with Gasteiger partial charge in [-0.15, -0.1) is 24.0 Å². The van der Waals surface area contributed by atoms with Gasteiger partial charge in [0.05, 0.1) is 0 Å². The summed E-state index contributed by atoms with van der Waals surface area (Å²) in [6.07, 6.45) is 1.59. The number of rotatable bonds is 5. The van der Waals surface area contributed by atoms with Gasteiger partial charge in [0.15, 0.2) is 5.96 Å². The van der Waals surface area contributed by atoms with Crippen LogP contribution in [0.3, 0.4) is 0 Å². The molecule has 146 valence electrons. The third kappa shape index (κ3) is 6.78. The van der Waals surface area contributed by atoms with E-state index in [0.29, 0.717) is 24.8 Å². The highest BCUT2D eigenvalue weighted by molar-refractivity contribution is 14.0. The van der Waals surface area contributed by atoms with Gasteiger partial charge in [0.25, 0.3) is 0 Å². The number of amides is 1. The number of benzene rings is 1. The van der Waals surface area contributed by atoms with Crippen molar-refractivity contribution in [3.63, 3.8) is 0 Å². The van der Waals surface area contributed by atoms with Gasteiger partial charge in [0.2, 0.25) is 5.91 Å².